The van der Waals surface area contributed by atoms with Crippen molar-refractivity contribution in [1.82, 2.24) is 5.43 Å². The standard InChI is InChI=1S/C10H13F3N2O/c1-7(10(11,12)13)6-14-15-8-2-4-9(16)5-3-8/h2-5,7,14-16H,6H2,1H3. The predicted molar refractivity (Wildman–Crippen MR) is 55.0 cm³/mol. The van der Waals surface area contributed by atoms with Gasteiger partial charge in [0.2, 0.25) is 0 Å². The van der Waals surface area contributed by atoms with Crippen LogP contribution in [0.4, 0.5) is 18.9 Å². The second-order valence-corrected chi connectivity index (χ2v) is 3.50. The number of rotatable bonds is 4. The number of benzene rings is 1. The summed E-state index contributed by atoms with van der Waals surface area (Å²) < 4.78 is 36.4. The van der Waals surface area contributed by atoms with E-state index in [-0.39, 0.29) is 12.3 Å². The van der Waals surface area contributed by atoms with Gasteiger partial charge < -0.3 is 10.5 Å². The zero-order valence-corrected chi connectivity index (χ0v) is 8.67. The average Bonchev–Trinajstić information content (AvgIpc) is 2.19. The van der Waals surface area contributed by atoms with Gasteiger partial charge in [-0.1, -0.05) is 6.92 Å². The molecule has 1 aromatic carbocycles. The van der Waals surface area contributed by atoms with Crippen molar-refractivity contribution in [3.8, 4) is 5.75 Å². The van der Waals surface area contributed by atoms with Crippen LogP contribution in [0.3, 0.4) is 0 Å². The first-order valence-corrected chi connectivity index (χ1v) is 4.74. The van der Waals surface area contributed by atoms with Crippen LogP contribution in [0.5, 0.6) is 5.75 Å². The first-order valence-electron chi connectivity index (χ1n) is 4.74. The van der Waals surface area contributed by atoms with E-state index in [2.05, 4.69) is 10.9 Å². The number of hydrogen-bond donors (Lipinski definition) is 3. The third kappa shape index (κ3) is 3.98. The molecule has 0 aliphatic rings. The number of halogens is 3. The van der Waals surface area contributed by atoms with Gasteiger partial charge in [0.25, 0.3) is 0 Å². The number of hydrogen-bond acceptors (Lipinski definition) is 3. The molecular weight excluding hydrogens is 221 g/mol. The quantitative estimate of drug-likeness (QED) is 0.554. The van der Waals surface area contributed by atoms with Crippen LogP contribution in [0, 0.1) is 5.92 Å². The molecule has 0 saturated heterocycles. The molecule has 0 spiro atoms. The van der Waals surface area contributed by atoms with Crippen molar-refractivity contribution in [2.24, 2.45) is 5.92 Å². The maximum Gasteiger partial charge on any atom is 0.392 e. The first kappa shape index (κ1) is 12.6. The zero-order valence-electron chi connectivity index (χ0n) is 8.67. The van der Waals surface area contributed by atoms with E-state index in [0.717, 1.165) is 6.92 Å². The van der Waals surface area contributed by atoms with Gasteiger partial charge in [0.05, 0.1) is 5.92 Å². The summed E-state index contributed by atoms with van der Waals surface area (Å²) in [5, 5.41) is 8.98. The lowest BCUT2D eigenvalue weighted by Crippen LogP contribution is -2.34. The number of hydrazine groups is 1. The van der Waals surface area contributed by atoms with Gasteiger partial charge in [0.1, 0.15) is 5.75 Å². The highest BCUT2D eigenvalue weighted by molar-refractivity contribution is 5.44. The van der Waals surface area contributed by atoms with Gasteiger partial charge in [-0.05, 0) is 24.3 Å². The van der Waals surface area contributed by atoms with Crippen molar-refractivity contribution < 1.29 is 18.3 Å². The molecule has 1 rings (SSSR count). The Balaban J connectivity index is 2.33. The van der Waals surface area contributed by atoms with Crippen molar-refractivity contribution in [3.63, 3.8) is 0 Å². The molecule has 0 bridgehead atoms. The lowest BCUT2D eigenvalue weighted by Gasteiger charge is -2.16. The molecule has 6 heteroatoms. The summed E-state index contributed by atoms with van der Waals surface area (Å²) in [5.74, 6) is -1.31. The molecule has 1 aromatic rings. The Morgan fingerprint density at radius 2 is 1.81 bits per heavy atom. The zero-order chi connectivity index (χ0) is 12.2. The topological polar surface area (TPSA) is 44.3 Å². The molecule has 0 radical (unpaired) electrons. The summed E-state index contributed by atoms with van der Waals surface area (Å²) in [6, 6.07) is 6.00. The molecule has 3 N–H and O–H groups in total. The van der Waals surface area contributed by atoms with E-state index in [9.17, 15) is 13.2 Å². The van der Waals surface area contributed by atoms with Crippen molar-refractivity contribution in [1.29, 1.82) is 0 Å². The fraction of sp³-hybridized carbons (Fsp3) is 0.400. The largest absolute Gasteiger partial charge is 0.508 e. The maximum atomic E-state index is 12.1. The predicted octanol–water partition coefficient (Wildman–Crippen LogP) is 2.51. The fourth-order valence-electron chi connectivity index (χ4n) is 0.967. The van der Waals surface area contributed by atoms with E-state index < -0.39 is 12.1 Å². The third-order valence-corrected chi connectivity index (χ3v) is 2.07. The lowest BCUT2D eigenvalue weighted by atomic mass is 10.2. The van der Waals surface area contributed by atoms with Gasteiger partial charge >= 0.3 is 6.18 Å². The lowest BCUT2D eigenvalue weighted by molar-refractivity contribution is -0.167. The minimum Gasteiger partial charge on any atom is -0.508 e. The molecule has 1 atom stereocenters. The van der Waals surface area contributed by atoms with Gasteiger partial charge in [-0.3, -0.25) is 0 Å². The SMILES string of the molecule is CC(CNNc1ccc(O)cc1)C(F)(F)F. The van der Waals surface area contributed by atoms with Crippen molar-refractivity contribution in [2.75, 3.05) is 12.0 Å². The van der Waals surface area contributed by atoms with E-state index in [1.54, 1.807) is 12.1 Å². The summed E-state index contributed by atoms with van der Waals surface area (Å²) in [6.45, 7) is 0.885. The Hall–Kier alpha value is -1.43. The van der Waals surface area contributed by atoms with E-state index in [0.29, 0.717) is 5.69 Å². The number of phenols is 1. The maximum absolute atomic E-state index is 12.1. The first-order chi connectivity index (χ1) is 7.39. The highest BCUT2D eigenvalue weighted by Gasteiger charge is 2.35. The molecule has 16 heavy (non-hydrogen) atoms. The van der Waals surface area contributed by atoms with Crippen LogP contribution >= 0.6 is 0 Å². The molecule has 90 valence electrons. The van der Waals surface area contributed by atoms with Crippen molar-refractivity contribution in [2.45, 2.75) is 13.1 Å². The molecule has 0 aromatic heterocycles. The summed E-state index contributed by atoms with van der Waals surface area (Å²) >= 11 is 0. The Morgan fingerprint density at radius 1 is 1.25 bits per heavy atom. The number of nitrogens with one attached hydrogen (secondary N) is 2. The summed E-state index contributed by atoms with van der Waals surface area (Å²) in [4.78, 5) is 0. The number of phenolic OH excluding ortho intramolecular Hbond substituents is 1. The van der Waals surface area contributed by atoms with Gasteiger partial charge in [-0.25, -0.2) is 5.43 Å². The Labute approximate surface area is 91.3 Å². The van der Waals surface area contributed by atoms with Crippen molar-refractivity contribution in [3.05, 3.63) is 24.3 Å². The Bertz CT molecular complexity index is 324. The van der Waals surface area contributed by atoms with Crippen molar-refractivity contribution >= 4 is 5.69 Å². The van der Waals surface area contributed by atoms with Crippen LogP contribution in [0.25, 0.3) is 0 Å². The molecule has 0 saturated carbocycles. The van der Waals surface area contributed by atoms with Crippen LogP contribution in [0.15, 0.2) is 24.3 Å². The number of aromatic hydroxyl groups is 1. The molecular formula is C10H13F3N2O. The summed E-state index contributed by atoms with van der Waals surface area (Å²) in [5.41, 5.74) is 5.68. The molecule has 0 aliphatic carbocycles. The minimum absolute atomic E-state index is 0.106. The highest BCUT2D eigenvalue weighted by Crippen LogP contribution is 2.24. The van der Waals surface area contributed by atoms with Crippen LogP contribution in [0.2, 0.25) is 0 Å². The van der Waals surface area contributed by atoms with Crippen LogP contribution < -0.4 is 10.9 Å². The van der Waals surface area contributed by atoms with Crippen LogP contribution in [0.1, 0.15) is 6.92 Å². The molecule has 0 fully saturated rings. The summed E-state index contributed by atoms with van der Waals surface area (Å²) in [7, 11) is 0. The van der Waals surface area contributed by atoms with Gasteiger partial charge in [0, 0.05) is 12.2 Å². The third-order valence-electron chi connectivity index (χ3n) is 2.07. The van der Waals surface area contributed by atoms with Crippen LogP contribution in [-0.4, -0.2) is 17.8 Å². The van der Waals surface area contributed by atoms with Crippen LogP contribution in [-0.2, 0) is 0 Å². The molecule has 1 unspecified atom stereocenters. The Kier molecular flexibility index (Phi) is 4.00. The van der Waals surface area contributed by atoms with Gasteiger partial charge in [-0.2, -0.15) is 13.2 Å². The second-order valence-electron chi connectivity index (χ2n) is 3.50. The normalized spacial score (nSPS) is 13.5. The van der Waals surface area contributed by atoms with Gasteiger partial charge in [-0.15, -0.1) is 0 Å². The summed E-state index contributed by atoms with van der Waals surface area (Å²) in [6.07, 6.45) is -4.19. The monoisotopic (exact) mass is 234 g/mol. The van der Waals surface area contributed by atoms with E-state index in [1.165, 1.54) is 12.1 Å². The van der Waals surface area contributed by atoms with E-state index in [4.69, 9.17) is 5.11 Å². The number of anilines is 1. The molecule has 0 heterocycles. The molecule has 0 aliphatic heterocycles. The van der Waals surface area contributed by atoms with E-state index >= 15 is 0 Å². The Morgan fingerprint density at radius 3 is 2.31 bits per heavy atom. The molecule has 0 amide bonds. The molecule has 3 nitrogen and oxygen atoms in total. The van der Waals surface area contributed by atoms with Gasteiger partial charge in [0.15, 0.2) is 0 Å². The van der Waals surface area contributed by atoms with E-state index in [1.807, 2.05) is 0 Å². The fourth-order valence-corrected chi connectivity index (χ4v) is 0.967. The highest BCUT2D eigenvalue weighted by atomic mass is 19.4. The average molecular weight is 234 g/mol. The number of alkyl halides is 3. The second kappa shape index (κ2) is 5.07. The minimum atomic E-state index is -4.19. The smallest absolute Gasteiger partial charge is 0.392 e.